The zero-order valence-corrected chi connectivity index (χ0v) is 7.97. The summed E-state index contributed by atoms with van der Waals surface area (Å²) in [6.07, 6.45) is 0. The summed E-state index contributed by atoms with van der Waals surface area (Å²) in [6, 6.07) is 6.34. The second kappa shape index (κ2) is 3.76. The predicted octanol–water partition coefficient (Wildman–Crippen LogP) is 0.765. The summed E-state index contributed by atoms with van der Waals surface area (Å²) in [5, 5.41) is 0. The van der Waals surface area contributed by atoms with Crippen LogP contribution in [-0.4, -0.2) is 15.5 Å². The minimum atomic E-state index is -3.53. The van der Waals surface area contributed by atoms with E-state index in [2.05, 4.69) is 7.05 Å². The molecule has 0 bridgehead atoms. The lowest BCUT2D eigenvalue weighted by Crippen LogP contribution is -2.17. The van der Waals surface area contributed by atoms with Gasteiger partial charge in [-0.1, -0.05) is 12.1 Å². The van der Waals surface area contributed by atoms with E-state index in [9.17, 15) is 8.42 Å². The second-order valence-corrected chi connectivity index (χ2v) is 4.03. The van der Waals surface area contributed by atoms with Crippen molar-refractivity contribution in [3.05, 3.63) is 31.3 Å². The van der Waals surface area contributed by atoms with Gasteiger partial charge < -0.3 is 4.74 Å². The maximum absolute atomic E-state index is 11.3. The fraction of sp³-hybridized carbons (Fsp3) is 0.125. The Labute approximate surface area is 77.6 Å². The lowest BCUT2D eigenvalue weighted by molar-refractivity contribution is 0.402. The van der Waals surface area contributed by atoms with Gasteiger partial charge in [-0.15, -0.1) is 0 Å². The largest absolute Gasteiger partial charge is 0.495 e. The molecule has 0 fully saturated rings. The van der Waals surface area contributed by atoms with E-state index < -0.39 is 10.0 Å². The van der Waals surface area contributed by atoms with E-state index in [-0.39, 0.29) is 4.90 Å². The highest BCUT2D eigenvalue weighted by Crippen LogP contribution is 2.21. The normalized spacial score (nSPS) is 11.2. The van der Waals surface area contributed by atoms with Gasteiger partial charge in [0.2, 0.25) is 10.0 Å². The number of hydrogen-bond donors (Lipinski definition) is 1. The maximum Gasteiger partial charge on any atom is 0.244 e. The summed E-state index contributed by atoms with van der Waals surface area (Å²) in [6.45, 7) is 0. The zero-order chi connectivity index (χ0) is 9.90. The van der Waals surface area contributed by atoms with Crippen molar-refractivity contribution in [3.8, 4) is 5.75 Å². The molecule has 0 amide bonds. The quantitative estimate of drug-likeness (QED) is 0.783. The molecule has 1 radical (unpaired) electrons. The maximum atomic E-state index is 11.3. The van der Waals surface area contributed by atoms with Crippen molar-refractivity contribution in [1.82, 2.24) is 4.72 Å². The molecule has 1 aromatic carbocycles. The summed E-state index contributed by atoms with van der Waals surface area (Å²) < 4.78 is 29.5. The molecule has 0 aromatic heterocycles. The molecule has 0 unspecified atom stereocenters. The van der Waals surface area contributed by atoms with E-state index >= 15 is 0 Å². The number of para-hydroxylation sites is 1. The van der Waals surface area contributed by atoms with Crippen molar-refractivity contribution < 1.29 is 13.2 Å². The minimum Gasteiger partial charge on any atom is -0.495 e. The first kappa shape index (κ1) is 10.0. The van der Waals surface area contributed by atoms with E-state index in [0.717, 1.165) is 0 Å². The van der Waals surface area contributed by atoms with Crippen LogP contribution < -0.4 is 9.46 Å². The lowest BCUT2D eigenvalue weighted by Gasteiger charge is -2.07. The van der Waals surface area contributed by atoms with Gasteiger partial charge in [0, 0.05) is 7.05 Å². The first-order chi connectivity index (χ1) is 6.11. The lowest BCUT2D eigenvalue weighted by atomic mass is 10.3. The van der Waals surface area contributed by atoms with Crippen molar-refractivity contribution >= 4 is 10.0 Å². The van der Waals surface area contributed by atoms with Crippen LogP contribution in [-0.2, 0) is 10.0 Å². The van der Waals surface area contributed by atoms with E-state index in [4.69, 9.17) is 4.74 Å². The molecule has 0 aliphatic heterocycles. The number of nitrogens with one attached hydrogen (secondary N) is 1. The molecule has 71 valence electrons. The Balaban J connectivity index is 3.29. The Morgan fingerprint density at radius 2 is 2.00 bits per heavy atom. The smallest absolute Gasteiger partial charge is 0.244 e. The van der Waals surface area contributed by atoms with Gasteiger partial charge in [0.1, 0.15) is 10.6 Å². The number of methoxy groups -OCH3 is 1. The van der Waals surface area contributed by atoms with E-state index in [1.54, 1.807) is 18.2 Å². The monoisotopic (exact) mass is 200 g/mol. The molecule has 4 nitrogen and oxygen atoms in total. The average Bonchev–Trinajstić information content (AvgIpc) is 2.18. The molecule has 0 heterocycles. The molecule has 1 rings (SSSR count). The van der Waals surface area contributed by atoms with Crippen molar-refractivity contribution in [1.29, 1.82) is 0 Å². The zero-order valence-electron chi connectivity index (χ0n) is 7.15. The van der Waals surface area contributed by atoms with Gasteiger partial charge in [-0.3, -0.25) is 0 Å². The first-order valence-corrected chi connectivity index (χ1v) is 5.02. The number of sulfonamides is 1. The van der Waals surface area contributed by atoms with Gasteiger partial charge in [0.05, 0.1) is 7.11 Å². The highest BCUT2D eigenvalue weighted by atomic mass is 32.2. The van der Waals surface area contributed by atoms with Crippen LogP contribution in [0.3, 0.4) is 0 Å². The number of hydrogen-bond acceptors (Lipinski definition) is 3. The van der Waals surface area contributed by atoms with Crippen LogP contribution in [0.25, 0.3) is 0 Å². The summed E-state index contributed by atoms with van der Waals surface area (Å²) in [7, 11) is 1.00. The molecule has 0 aliphatic carbocycles. The van der Waals surface area contributed by atoms with E-state index in [1.807, 2.05) is 4.72 Å². The Kier molecular flexibility index (Phi) is 2.90. The molecule has 13 heavy (non-hydrogen) atoms. The molecule has 1 N–H and O–H groups in total. The molecular weight excluding hydrogens is 190 g/mol. The molecule has 1 aromatic rings. The number of rotatable bonds is 3. The molecular formula is C8H10NO3S. The topological polar surface area (TPSA) is 55.4 Å². The van der Waals surface area contributed by atoms with Crippen LogP contribution in [0.4, 0.5) is 0 Å². The summed E-state index contributed by atoms with van der Waals surface area (Å²) in [5.41, 5.74) is 0. The van der Waals surface area contributed by atoms with Crippen LogP contribution in [0.1, 0.15) is 0 Å². The van der Waals surface area contributed by atoms with Crippen molar-refractivity contribution in [3.63, 3.8) is 0 Å². The highest BCUT2D eigenvalue weighted by molar-refractivity contribution is 7.89. The van der Waals surface area contributed by atoms with Crippen LogP contribution in [0, 0.1) is 7.05 Å². The first-order valence-electron chi connectivity index (χ1n) is 3.53. The van der Waals surface area contributed by atoms with Gasteiger partial charge in [-0.05, 0) is 12.1 Å². The van der Waals surface area contributed by atoms with Crippen LogP contribution >= 0.6 is 0 Å². The van der Waals surface area contributed by atoms with Gasteiger partial charge >= 0.3 is 0 Å². The molecule has 0 saturated heterocycles. The summed E-state index contributed by atoms with van der Waals surface area (Å²) in [4.78, 5) is 0.0903. The fourth-order valence-electron chi connectivity index (χ4n) is 0.919. The van der Waals surface area contributed by atoms with Gasteiger partial charge in [-0.2, -0.15) is 0 Å². The van der Waals surface area contributed by atoms with Gasteiger partial charge in [-0.25, -0.2) is 13.1 Å². The third kappa shape index (κ3) is 1.99. The average molecular weight is 200 g/mol. The highest BCUT2D eigenvalue weighted by Gasteiger charge is 2.15. The van der Waals surface area contributed by atoms with Crippen molar-refractivity contribution in [2.75, 3.05) is 7.11 Å². The molecule has 0 saturated carbocycles. The number of ether oxygens (including phenoxy) is 1. The summed E-state index contributed by atoms with van der Waals surface area (Å²) >= 11 is 0. The molecule has 0 spiro atoms. The SMILES string of the molecule is [CH2]NS(=O)(=O)c1ccccc1OC. The Bertz CT molecular complexity index is 386. The van der Waals surface area contributed by atoms with Gasteiger partial charge in [0.25, 0.3) is 0 Å². The number of benzene rings is 1. The molecule has 0 aliphatic rings. The van der Waals surface area contributed by atoms with Crippen LogP contribution in [0.5, 0.6) is 5.75 Å². The summed E-state index contributed by atoms with van der Waals surface area (Å²) in [5.74, 6) is 0.304. The Hall–Kier alpha value is -1.07. The predicted molar refractivity (Wildman–Crippen MR) is 48.7 cm³/mol. The van der Waals surface area contributed by atoms with E-state index in [1.165, 1.54) is 13.2 Å². The molecule has 5 heteroatoms. The van der Waals surface area contributed by atoms with Crippen molar-refractivity contribution in [2.45, 2.75) is 4.90 Å². The second-order valence-electron chi connectivity index (χ2n) is 2.30. The van der Waals surface area contributed by atoms with Crippen molar-refractivity contribution in [2.24, 2.45) is 0 Å². The fourth-order valence-corrected chi connectivity index (χ4v) is 1.75. The van der Waals surface area contributed by atoms with Crippen LogP contribution in [0.2, 0.25) is 0 Å². The third-order valence-electron chi connectivity index (χ3n) is 1.55. The minimum absolute atomic E-state index is 0.0903. The van der Waals surface area contributed by atoms with Crippen LogP contribution in [0.15, 0.2) is 29.2 Å². The van der Waals surface area contributed by atoms with Gasteiger partial charge in [0.15, 0.2) is 0 Å². The van der Waals surface area contributed by atoms with E-state index in [0.29, 0.717) is 5.75 Å². The standard InChI is InChI=1S/C8H10NO3S/c1-9-13(10,11)8-6-4-3-5-7(8)12-2/h3-6,9H,1H2,2H3. The molecule has 0 atom stereocenters. The Morgan fingerprint density at radius 1 is 1.38 bits per heavy atom. The Morgan fingerprint density at radius 3 is 2.54 bits per heavy atom. The third-order valence-corrected chi connectivity index (χ3v) is 2.84.